The number of aliphatic hydroxyl groups excluding tert-OH is 1. The summed E-state index contributed by atoms with van der Waals surface area (Å²) in [6, 6.07) is 21.3. The molecular formula is C23H20O3. The first-order valence-corrected chi connectivity index (χ1v) is 8.66. The summed E-state index contributed by atoms with van der Waals surface area (Å²) in [5, 5.41) is 13.3. The minimum Gasteiger partial charge on any atom is -0.461 e. The maximum atomic E-state index is 12.8. The van der Waals surface area contributed by atoms with E-state index in [-0.39, 0.29) is 5.78 Å². The average Bonchev–Trinajstić information content (AvgIpc) is 2.65. The van der Waals surface area contributed by atoms with Crippen LogP contribution in [0.25, 0.3) is 10.8 Å². The van der Waals surface area contributed by atoms with E-state index in [9.17, 15) is 9.90 Å². The lowest BCUT2D eigenvalue weighted by atomic mass is 9.68. The lowest BCUT2D eigenvalue weighted by Crippen LogP contribution is -2.44. The highest BCUT2D eigenvalue weighted by atomic mass is 16.5. The fourth-order valence-electron chi connectivity index (χ4n) is 3.90. The molecule has 1 aliphatic rings. The van der Waals surface area contributed by atoms with Crippen molar-refractivity contribution in [3.63, 3.8) is 0 Å². The van der Waals surface area contributed by atoms with Gasteiger partial charge in [0.15, 0.2) is 0 Å². The standard InChI is InChI=1S/C23H20O3/c1-15(24)23(14-17-8-4-3-5-9-17)16(2)26-20-13-12-18-10-6-7-11-19(18)21(20)22(23)25/h3-13,22,25H,2,14H2,1H3. The van der Waals surface area contributed by atoms with Crippen molar-refractivity contribution >= 4 is 16.6 Å². The number of benzene rings is 3. The third kappa shape index (κ3) is 2.36. The van der Waals surface area contributed by atoms with Crippen LogP contribution in [0, 0.1) is 5.41 Å². The number of carbonyl (C=O) groups excluding carboxylic acids is 1. The monoisotopic (exact) mass is 344 g/mol. The Morgan fingerprint density at radius 2 is 1.77 bits per heavy atom. The van der Waals surface area contributed by atoms with Gasteiger partial charge in [-0.05, 0) is 35.7 Å². The highest BCUT2D eigenvalue weighted by molar-refractivity contribution is 5.92. The van der Waals surface area contributed by atoms with E-state index in [1.165, 1.54) is 6.92 Å². The van der Waals surface area contributed by atoms with Crippen LogP contribution in [0.5, 0.6) is 5.75 Å². The number of aliphatic hydroxyl groups is 1. The van der Waals surface area contributed by atoms with Crippen molar-refractivity contribution in [1.29, 1.82) is 0 Å². The van der Waals surface area contributed by atoms with Crippen molar-refractivity contribution in [2.75, 3.05) is 0 Å². The largest absolute Gasteiger partial charge is 0.461 e. The molecule has 3 aromatic rings. The van der Waals surface area contributed by atoms with Gasteiger partial charge in [0.25, 0.3) is 0 Å². The van der Waals surface area contributed by atoms with Gasteiger partial charge in [0.1, 0.15) is 28.8 Å². The molecule has 4 rings (SSSR count). The van der Waals surface area contributed by atoms with Crippen molar-refractivity contribution in [2.24, 2.45) is 5.41 Å². The van der Waals surface area contributed by atoms with Gasteiger partial charge < -0.3 is 9.84 Å². The van der Waals surface area contributed by atoms with E-state index in [4.69, 9.17) is 4.74 Å². The first-order chi connectivity index (χ1) is 12.5. The number of ketones is 1. The van der Waals surface area contributed by atoms with Crippen LogP contribution in [0.15, 0.2) is 79.1 Å². The summed E-state index contributed by atoms with van der Waals surface area (Å²) in [6.45, 7) is 5.51. The van der Waals surface area contributed by atoms with Crippen LogP contribution >= 0.6 is 0 Å². The average molecular weight is 344 g/mol. The Balaban J connectivity index is 1.93. The molecule has 0 spiro atoms. The third-order valence-corrected chi connectivity index (χ3v) is 5.36. The van der Waals surface area contributed by atoms with Crippen molar-refractivity contribution in [3.8, 4) is 5.75 Å². The Morgan fingerprint density at radius 3 is 2.50 bits per heavy atom. The highest BCUT2D eigenvalue weighted by Gasteiger charge is 2.51. The fourth-order valence-corrected chi connectivity index (χ4v) is 3.90. The lowest BCUT2D eigenvalue weighted by Gasteiger charge is -2.42. The molecule has 3 aromatic carbocycles. The summed E-state index contributed by atoms with van der Waals surface area (Å²) in [6.07, 6.45) is -0.686. The summed E-state index contributed by atoms with van der Waals surface area (Å²) < 4.78 is 5.98. The first-order valence-electron chi connectivity index (χ1n) is 8.66. The second-order valence-corrected chi connectivity index (χ2v) is 6.82. The van der Waals surface area contributed by atoms with Gasteiger partial charge in [-0.2, -0.15) is 0 Å². The predicted molar refractivity (Wildman–Crippen MR) is 102 cm³/mol. The van der Waals surface area contributed by atoms with Crippen LogP contribution in [0.1, 0.15) is 24.2 Å². The third-order valence-electron chi connectivity index (χ3n) is 5.36. The molecule has 26 heavy (non-hydrogen) atoms. The SMILES string of the molecule is C=C1Oc2ccc3ccccc3c2C(O)C1(Cc1ccccc1)C(C)=O. The number of carbonyl (C=O) groups is 1. The molecule has 3 heteroatoms. The number of hydrogen-bond donors (Lipinski definition) is 1. The minimum absolute atomic E-state index is 0.155. The molecule has 0 saturated heterocycles. The Kier molecular flexibility index (Phi) is 3.89. The zero-order valence-electron chi connectivity index (χ0n) is 14.6. The molecule has 3 nitrogen and oxygen atoms in total. The Hall–Kier alpha value is -2.91. The molecule has 0 saturated carbocycles. The zero-order chi connectivity index (χ0) is 18.3. The molecule has 130 valence electrons. The zero-order valence-corrected chi connectivity index (χ0v) is 14.6. The number of ether oxygens (including phenoxy) is 1. The van der Waals surface area contributed by atoms with Gasteiger partial charge in [0.2, 0.25) is 0 Å². The van der Waals surface area contributed by atoms with E-state index in [1.54, 1.807) is 0 Å². The van der Waals surface area contributed by atoms with E-state index in [0.29, 0.717) is 23.5 Å². The van der Waals surface area contributed by atoms with Gasteiger partial charge >= 0.3 is 0 Å². The normalized spacial score (nSPS) is 21.9. The van der Waals surface area contributed by atoms with Crippen molar-refractivity contribution in [1.82, 2.24) is 0 Å². The van der Waals surface area contributed by atoms with Crippen molar-refractivity contribution < 1.29 is 14.6 Å². The van der Waals surface area contributed by atoms with Crippen LogP contribution < -0.4 is 4.74 Å². The molecule has 1 aliphatic heterocycles. The smallest absolute Gasteiger partial charge is 0.146 e. The van der Waals surface area contributed by atoms with Crippen molar-refractivity contribution in [2.45, 2.75) is 19.4 Å². The van der Waals surface area contributed by atoms with Gasteiger partial charge in [-0.15, -0.1) is 0 Å². The molecule has 0 aromatic heterocycles. The molecule has 0 aliphatic carbocycles. The van der Waals surface area contributed by atoms with Crippen LogP contribution in [0.3, 0.4) is 0 Å². The van der Waals surface area contributed by atoms with Gasteiger partial charge in [-0.3, -0.25) is 4.79 Å². The summed E-state index contributed by atoms with van der Waals surface area (Å²) >= 11 is 0. The van der Waals surface area contributed by atoms with Gasteiger partial charge in [-0.1, -0.05) is 67.2 Å². The molecule has 1 heterocycles. The predicted octanol–water partition coefficient (Wildman–Crippen LogP) is 4.60. The maximum absolute atomic E-state index is 12.8. The number of hydrogen-bond acceptors (Lipinski definition) is 3. The second-order valence-electron chi connectivity index (χ2n) is 6.82. The van der Waals surface area contributed by atoms with Crippen LogP contribution in [0.4, 0.5) is 0 Å². The Morgan fingerprint density at radius 1 is 1.08 bits per heavy atom. The van der Waals surface area contributed by atoms with Gasteiger partial charge in [-0.25, -0.2) is 0 Å². The molecule has 0 bridgehead atoms. The highest BCUT2D eigenvalue weighted by Crippen LogP contribution is 2.52. The van der Waals surface area contributed by atoms with E-state index in [2.05, 4.69) is 6.58 Å². The molecule has 1 N–H and O–H groups in total. The Labute approximate surface area is 152 Å². The van der Waals surface area contributed by atoms with E-state index < -0.39 is 11.5 Å². The Bertz CT molecular complexity index is 1010. The number of rotatable bonds is 3. The number of fused-ring (bicyclic) bond motifs is 3. The lowest BCUT2D eigenvalue weighted by molar-refractivity contribution is -0.133. The second kappa shape index (κ2) is 6.11. The summed E-state index contributed by atoms with van der Waals surface area (Å²) in [5.41, 5.74) is 0.398. The number of Topliss-reactive ketones (excluding diaryl/α,β-unsaturated/α-hetero) is 1. The van der Waals surface area contributed by atoms with Gasteiger partial charge in [0, 0.05) is 5.56 Å². The van der Waals surface area contributed by atoms with Crippen LogP contribution in [-0.4, -0.2) is 10.9 Å². The van der Waals surface area contributed by atoms with Crippen LogP contribution in [-0.2, 0) is 11.2 Å². The molecule has 2 atom stereocenters. The minimum atomic E-state index is -1.21. The summed E-state index contributed by atoms with van der Waals surface area (Å²) in [7, 11) is 0. The quantitative estimate of drug-likeness (QED) is 0.755. The topological polar surface area (TPSA) is 46.5 Å². The van der Waals surface area contributed by atoms with Crippen LogP contribution in [0.2, 0.25) is 0 Å². The summed E-state index contributed by atoms with van der Waals surface area (Å²) in [5.74, 6) is 0.702. The molecule has 0 amide bonds. The molecule has 2 unspecified atom stereocenters. The van der Waals surface area contributed by atoms with E-state index in [1.807, 2.05) is 66.7 Å². The fraction of sp³-hybridized carbons (Fsp3) is 0.174. The molecule has 0 radical (unpaired) electrons. The van der Waals surface area contributed by atoms with Crippen molar-refractivity contribution in [3.05, 3.63) is 90.2 Å². The van der Waals surface area contributed by atoms with E-state index >= 15 is 0 Å². The molecule has 0 fully saturated rings. The maximum Gasteiger partial charge on any atom is 0.146 e. The summed E-state index contributed by atoms with van der Waals surface area (Å²) in [4.78, 5) is 12.8. The van der Waals surface area contributed by atoms with E-state index in [0.717, 1.165) is 16.3 Å². The molecular weight excluding hydrogens is 324 g/mol. The first kappa shape index (κ1) is 16.6. The van der Waals surface area contributed by atoms with Gasteiger partial charge in [0.05, 0.1) is 0 Å².